The summed E-state index contributed by atoms with van der Waals surface area (Å²) >= 11 is 0. The number of rotatable bonds is 3. The molecule has 0 saturated carbocycles. The summed E-state index contributed by atoms with van der Waals surface area (Å²) in [5.41, 5.74) is 2.26. The third-order valence-corrected chi connectivity index (χ3v) is 4.53. The van der Waals surface area contributed by atoms with E-state index in [0.29, 0.717) is 5.56 Å². The normalized spacial score (nSPS) is 17.4. The summed E-state index contributed by atoms with van der Waals surface area (Å²) in [5.74, 6) is 1.94. The first kappa shape index (κ1) is 17.3. The van der Waals surface area contributed by atoms with Gasteiger partial charge in [0.15, 0.2) is 0 Å². The summed E-state index contributed by atoms with van der Waals surface area (Å²) in [6, 6.07) is 2.01. The molecule has 1 aliphatic heterocycles. The fraction of sp³-hybridized carbons (Fsp3) is 0.500. The topological polar surface area (TPSA) is 75.1 Å². The minimum absolute atomic E-state index is 0.0641. The van der Waals surface area contributed by atoms with Gasteiger partial charge < -0.3 is 9.80 Å². The minimum Gasteiger partial charge on any atom is -0.356 e. The van der Waals surface area contributed by atoms with E-state index in [1.165, 1.54) is 0 Å². The molecule has 2 aromatic rings. The second-order valence-corrected chi connectivity index (χ2v) is 6.73. The highest BCUT2D eigenvalue weighted by molar-refractivity contribution is 5.94. The number of hydrogen-bond acceptors (Lipinski definition) is 6. The molecule has 132 valence electrons. The van der Waals surface area contributed by atoms with Crippen molar-refractivity contribution in [2.24, 2.45) is 0 Å². The number of amides is 1. The first-order chi connectivity index (χ1) is 12.0. The Bertz CT molecular complexity index is 776. The van der Waals surface area contributed by atoms with E-state index in [1.807, 2.05) is 19.9 Å². The number of carbonyl (C=O) groups excluding carboxylic acids is 1. The van der Waals surface area contributed by atoms with E-state index in [0.717, 1.165) is 49.0 Å². The molecule has 1 amide bonds. The smallest absolute Gasteiger partial charge is 0.256 e. The van der Waals surface area contributed by atoms with Crippen LogP contribution < -0.4 is 4.90 Å². The van der Waals surface area contributed by atoms with Crippen molar-refractivity contribution in [2.75, 3.05) is 32.1 Å². The molecule has 7 nitrogen and oxygen atoms in total. The highest BCUT2D eigenvalue weighted by Gasteiger charge is 2.25. The van der Waals surface area contributed by atoms with Crippen LogP contribution >= 0.6 is 0 Å². The second kappa shape index (κ2) is 7.13. The van der Waals surface area contributed by atoms with Crippen molar-refractivity contribution in [3.05, 3.63) is 41.4 Å². The van der Waals surface area contributed by atoms with E-state index in [4.69, 9.17) is 0 Å². The number of anilines is 1. The van der Waals surface area contributed by atoms with Crippen LogP contribution in [-0.2, 0) is 0 Å². The Hall–Kier alpha value is -2.57. The zero-order valence-corrected chi connectivity index (χ0v) is 15.2. The summed E-state index contributed by atoms with van der Waals surface area (Å²) < 4.78 is 0. The number of aromatic nitrogens is 4. The Balaban J connectivity index is 1.80. The molecule has 1 aliphatic rings. The van der Waals surface area contributed by atoms with Gasteiger partial charge in [-0.15, -0.1) is 0 Å². The van der Waals surface area contributed by atoms with Crippen LogP contribution in [0.4, 0.5) is 5.82 Å². The van der Waals surface area contributed by atoms with Gasteiger partial charge in [0.2, 0.25) is 0 Å². The predicted octanol–water partition coefficient (Wildman–Crippen LogP) is 1.97. The van der Waals surface area contributed by atoms with Gasteiger partial charge in [0.25, 0.3) is 5.91 Å². The summed E-state index contributed by atoms with van der Waals surface area (Å²) in [6.07, 6.45) is 5.37. The molecular formula is C18H24N6O. The van der Waals surface area contributed by atoms with Crippen molar-refractivity contribution in [1.82, 2.24) is 24.8 Å². The molecular weight excluding hydrogens is 316 g/mol. The Kier molecular flexibility index (Phi) is 4.92. The molecule has 0 radical (unpaired) electrons. The van der Waals surface area contributed by atoms with Crippen LogP contribution in [0.15, 0.2) is 18.6 Å². The molecule has 0 spiro atoms. The van der Waals surface area contributed by atoms with E-state index in [2.05, 4.69) is 24.8 Å². The van der Waals surface area contributed by atoms with Gasteiger partial charge in [-0.1, -0.05) is 0 Å². The van der Waals surface area contributed by atoms with Crippen LogP contribution in [0.3, 0.4) is 0 Å². The fourth-order valence-electron chi connectivity index (χ4n) is 3.14. The number of nitrogens with zero attached hydrogens (tertiary/aromatic N) is 6. The molecule has 0 unspecified atom stereocenters. The maximum atomic E-state index is 12.1. The first-order valence-corrected chi connectivity index (χ1v) is 8.54. The van der Waals surface area contributed by atoms with Crippen molar-refractivity contribution in [3.63, 3.8) is 0 Å². The van der Waals surface area contributed by atoms with Gasteiger partial charge >= 0.3 is 0 Å². The van der Waals surface area contributed by atoms with E-state index in [-0.39, 0.29) is 11.8 Å². The highest BCUT2D eigenvalue weighted by Crippen LogP contribution is 2.27. The van der Waals surface area contributed by atoms with Gasteiger partial charge in [-0.3, -0.25) is 4.79 Å². The summed E-state index contributed by atoms with van der Waals surface area (Å²) in [6.45, 7) is 5.65. The largest absolute Gasteiger partial charge is 0.356 e. The molecule has 1 fully saturated rings. The summed E-state index contributed by atoms with van der Waals surface area (Å²) in [4.78, 5) is 33.6. The molecule has 7 heteroatoms. The molecule has 0 bridgehead atoms. The average molecular weight is 340 g/mol. The lowest BCUT2D eigenvalue weighted by Crippen LogP contribution is -2.35. The summed E-state index contributed by atoms with van der Waals surface area (Å²) in [7, 11) is 3.47. The van der Waals surface area contributed by atoms with Crippen LogP contribution in [0, 0.1) is 13.8 Å². The van der Waals surface area contributed by atoms with E-state index in [1.54, 1.807) is 31.5 Å². The third kappa shape index (κ3) is 3.75. The maximum absolute atomic E-state index is 12.1. The Morgan fingerprint density at radius 3 is 2.72 bits per heavy atom. The molecule has 3 heterocycles. The van der Waals surface area contributed by atoms with Crippen LogP contribution in [0.2, 0.25) is 0 Å². The van der Waals surface area contributed by atoms with Gasteiger partial charge in [0.1, 0.15) is 18.0 Å². The van der Waals surface area contributed by atoms with E-state index >= 15 is 0 Å². The Morgan fingerprint density at radius 1 is 1.24 bits per heavy atom. The zero-order valence-electron chi connectivity index (χ0n) is 15.2. The number of piperidine rings is 1. The van der Waals surface area contributed by atoms with Crippen LogP contribution in [0.5, 0.6) is 0 Å². The molecule has 3 rings (SSSR count). The molecule has 0 aliphatic carbocycles. The minimum atomic E-state index is -0.0641. The quantitative estimate of drug-likeness (QED) is 0.850. The van der Waals surface area contributed by atoms with Crippen molar-refractivity contribution in [1.29, 1.82) is 0 Å². The van der Waals surface area contributed by atoms with Gasteiger partial charge in [0, 0.05) is 51.1 Å². The van der Waals surface area contributed by atoms with E-state index in [9.17, 15) is 4.79 Å². The van der Waals surface area contributed by atoms with E-state index < -0.39 is 0 Å². The highest BCUT2D eigenvalue weighted by atomic mass is 16.2. The number of aryl methyl sites for hydroxylation is 2. The SMILES string of the molecule is Cc1cc(N2CCC[C@H](c3ncc(C(=O)N(C)C)c(C)n3)C2)ncn1. The van der Waals surface area contributed by atoms with Crippen molar-refractivity contribution >= 4 is 11.7 Å². The lowest BCUT2D eigenvalue weighted by atomic mass is 9.97. The molecule has 0 N–H and O–H groups in total. The van der Waals surface area contributed by atoms with Crippen LogP contribution in [0.1, 0.15) is 46.3 Å². The van der Waals surface area contributed by atoms with Gasteiger partial charge in [-0.2, -0.15) is 0 Å². The average Bonchev–Trinajstić information content (AvgIpc) is 2.61. The lowest BCUT2D eigenvalue weighted by molar-refractivity contribution is 0.0826. The monoisotopic (exact) mass is 340 g/mol. The van der Waals surface area contributed by atoms with Crippen molar-refractivity contribution in [2.45, 2.75) is 32.6 Å². The van der Waals surface area contributed by atoms with Crippen molar-refractivity contribution in [3.8, 4) is 0 Å². The maximum Gasteiger partial charge on any atom is 0.256 e. The second-order valence-electron chi connectivity index (χ2n) is 6.73. The van der Waals surface area contributed by atoms with Gasteiger partial charge in [0.05, 0.1) is 11.3 Å². The van der Waals surface area contributed by atoms with Crippen molar-refractivity contribution < 1.29 is 4.79 Å². The first-order valence-electron chi connectivity index (χ1n) is 8.54. The molecule has 25 heavy (non-hydrogen) atoms. The molecule has 0 aromatic carbocycles. The standard InChI is InChI=1S/C18H24N6O/c1-12-8-16(21-11-20-12)24-7-5-6-14(10-24)17-19-9-15(13(2)22-17)18(25)23(3)4/h8-9,11,14H,5-7,10H2,1-4H3/t14-/m0/s1. The predicted molar refractivity (Wildman–Crippen MR) is 95.7 cm³/mol. The zero-order chi connectivity index (χ0) is 18.0. The Labute approximate surface area is 148 Å². The molecule has 1 saturated heterocycles. The fourth-order valence-corrected chi connectivity index (χ4v) is 3.14. The van der Waals surface area contributed by atoms with Gasteiger partial charge in [-0.05, 0) is 26.7 Å². The molecule has 2 aromatic heterocycles. The number of carbonyl (C=O) groups is 1. The van der Waals surface area contributed by atoms with Crippen LogP contribution in [0.25, 0.3) is 0 Å². The van der Waals surface area contributed by atoms with Crippen LogP contribution in [-0.4, -0.2) is 57.9 Å². The summed E-state index contributed by atoms with van der Waals surface area (Å²) in [5, 5.41) is 0. The third-order valence-electron chi connectivity index (χ3n) is 4.53. The number of hydrogen-bond donors (Lipinski definition) is 0. The lowest BCUT2D eigenvalue weighted by Gasteiger charge is -2.33. The molecule has 1 atom stereocenters. The van der Waals surface area contributed by atoms with Gasteiger partial charge in [-0.25, -0.2) is 19.9 Å². The Morgan fingerprint density at radius 2 is 2.04 bits per heavy atom.